The Morgan fingerprint density at radius 2 is 1.69 bits per heavy atom. The first-order valence-corrected chi connectivity index (χ1v) is 5.36. The first-order valence-electron chi connectivity index (χ1n) is 5.36. The van der Waals surface area contributed by atoms with Gasteiger partial charge in [0.1, 0.15) is 0 Å². The van der Waals surface area contributed by atoms with Gasteiger partial charge in [-0.25, -0.2) is 0 Å². The van der Waals surface area contributed by atoms with Crippen molar-refractivity contribution < 1.29 is 9.47 Å². The van der Waals surface area contributed by atoms with Crippen LogP contribution in [-0.4, -0.2) is 25.9 Å². The van der Waals surface area contributed by atoms with Crippen LogP contribution >= 0.6 is 0 Å². The summed E-state index contributed by atoms with van der Waals surface area (Å²) in [6.45, 7) is 11.1. The molecule has 0 aliphatic rings. The molecule has 80 valence electrons. The SMILES string of the molecule is CCOCCC(C)OCCC(C)C. The molecule has 0 N–H and O–H groups in total. The third-order valence-corrected chi connectivity index (χ3v) is 1.97. The van der Waals surface area contributed by atoms with E-state index in [0.29, 0.717) is 6.10 Å². The third-order valence-electron chi connectivity index (χ3n) is 1.97. The quantitative estimate of drug-likeness (QED) is 0.545. The van der Waals surface area contributed by atoms with Gasteiger partial charge in [-0.3, -0.25) is 0 Å². The lowest BCUT2D eigenvalue weighted by molar-refractivity contribution is 0.0291. The second kappa shape index (κ2) is 8.52. The van der Waals surface area contributed by atoms with Crippen LogP contribution in [0.4, 0.5) is 0 Å². The van der Waals surface area contributed by atoms with Crippen molar-refractivity contribution in [2.45, 2.75) is 46.6 Å². The van der Waals surface area contributed by atoms with Gasteiger partial charge in [0.2, 0.25) is 0 Å². The zero-order chi connectivity index (χ0) is 10.1. The lowest BCUT2D eigenvalue weighted by Gasteiger charge is -2.13. The van der Waals surface area contributed by atoms with Crippen LogP contribution in [0.25, 0.3) is 0 Å². The maximum Gasteiger partial charge on any atom is 0.0568 e. The molecule has 0 saturated carbocycles. The average molecular weight is 188 g/mol. The van der Waals surface area contributed by atoms with Crippen LogP contribution < -0.4 is 0 Å². The zero-order valence-corrected chi connectivity index (χ0v) is 9.51. The van der Waals surface area contributed by atoms with E-state index in [1.165, 1.54) is 0 Å². The van der Waals surface area contributed by atoms with Crippen LogP contribution in [0.5, 0.6) is 0 Å². The van der Waals surface area contributed by atoms with Gasteiger partial charge in [0.15, 0.2) is 0 Å². The molecule has 0 aromatic carbocycles. The van der Waals surface area contributed by atoms with E-state index in [2.05, 4.69) is 20.8 Å². The molecule has 0 aromatic rings. The Labute approximate surface area is 82.6 Å². The Balaban J connectivity index is 3.15. The van der Waals surface area contributed by atoms with Crippen molar-refractivity contribution in [3.63, 3.8) is 0 Å². The number of hydrogen-bond donors (Lipinski definition) is 0. The van der Waals surface area contributed by atoms with E-state index < -0.39 is 0 Å². The third kappa shape index (κ3) is 9.84. The van der Waals surface area contributed by atoms with E-state index in [-0.39, 0.29) is 0 Å². The van der Waals surface area contributed by atoms with Crippen molar-refractivity contribution in [3.05, 3.63) is 0 Å². The number of rotatable bonds is 8. The maximum atomic E-state index is 5.62. The Morgan fingerprint density at radius 3 is 2.23 bits per heavy atom. The van der Waals surface area contributed by atoms with Crippen LogP contribution in [0.1, 0.15) is 40.5 Å². The standard InChI is InChI=1S/C11H24O2/c1-5-12-8-7-11(4)13-9-6-10(2)3/h10-11H,5-9H2,1-4H3. The molecule has 13 heavy (non-hydrogen) atoms. The molecule has 0 radical (unpaired) electrons. The first-order chi connectivity index (χ1) is 6.16. The lowest BCUT2D eigenvalue weighted by atomic mass is 10.1. The highest BCUT2D eigenvalue weighted by Gasteiger charge is 2.02. The maximum absolute atomic E-state index is 5.62. The van der Waals surface area contributed by atoms with Gasteiger partial charge >= 0.3 is 0 Å². The zero-order valence-electron chi connectivity index (χ0n) is 9.51. The van der Waals surface area contributed by atoms with Gasteiger partial charge in [-0.2, -0.15) is 0 Å². The van der Waals surface area contributed by atoms with Crippen LogP contribution in [0, 0.1) is 5.92 Å². The predicted octanol–water partition coefficient (Wildman–Crippen LogP) is 2.86. The molecule has 0 heterocycles. The van der Waals surface area contributed by atoms with Crippen molar-refractivity contribution in [1.29, 1.82) is 0 Å². The number of ether oxygens (including phenoxy) is 2. The summed E-state index contributed by atoms with van der Waals surface area (Å²) in [5.74, 6) is 0.735. The lowest BCUT2D eigenvalue weighted by Crippen LogP contribution is -2.13. The minimum absolute atomic E-state index is 0.338. The highest BCUT2D eigenvalue weighted by molar-refractivity contribution is 4.50. The van der Waals surface area contributed by atoms with E-state index in [4.69, 9.17) is 9.47 Å². The van der Waals surface area contributed by atoms with Gasteiger partial charge in [-0.15, -0.1) is 0 Å². The normalized spacial score (nSPS) is 13.6. The minimum Gasteiger partial charge on any atom is -0.382 e. The summed E-state index contributed by atoms with van der Waals surface area (Å²) < 4.78 is 10.9. The van der Waals surface area contributed by atoms with Crippen LogP contribution in [0.3, 0.4) is 0 Å². The molecule has 1 unspecified atom stereocenters. The molecule has 0 bridgehead atoms. The molecule has 0 rings (SSSR count). The van der Waals surface area contributed by atoms with Crippen molar-refractivity contribution >= 4 is 0 Å². The molecule has 1 atom stereocenters. The van der Waals surface area contributed by atoms with Crippen molar-refractivity contribution in [2.24, 2.45) is 5.92 Å². The molecule has 0 aromatic heterocycles. The Kier molecular flexibility index (Phi) is 8.46. The molecule has 0 aliphatic heterocycles. The fourth-order valence-electron chi connectivity index (χ4n) is 0.982. The molecule has 0 aliphatic carbocycles. The van der Waals surface area contributed by atoms with Crippen molar-refractivity contribution in [2.75, 3.05) is 19.8 Å². The second-order valence-corrected chi connectivity index (χ2v) is 3.85. The summed E-state index contributed by atoms with van der Waals surface area (Å²) in [6, 6.07) is 0. The van der Waals surface area contributed by atoms with Gasteiger partial charge < -0.3 is 9.47 Å². The molecule has 2 heteroatoms. The van der Waals surface area contributed by atoms with E-state index in [0.717, 1.165) is 38.6 Å². The highest BCUT2D eigenvalue weighted by Crippen LogP contribution is 2.03. The first kappa shape index (κ1) is 12.9. The number of hydrogen-bond acceptors (Lipinski definition) is 2. The molecule has 0 fully saturated rings. The average Bonchev–Trinajstić information content (AvgIpc) is 2.04. The second-order valence-electron chi connectivity index (χ2n) is 3.85. The summed E-state index contributed by atoms with van der Waals surface area (Å²) in [6.07, 6.45) is 2.50. The van der Waals surface area contributed by atoms with Gasteiger partial charge in [0.25, 0.3) is 0 Å². The molecular weight excluding hydrogens is 164 g/mol. The summed E-state index contributed by atoms with van der Waals surface area (Å²) in [5.41, 5.74) is 0. The van der Waals surface area contributed by atoms with Crippen LogP contribution in [-0.2, 0) is 9.47 Å². The van der Waals surface area contributed by atoms with Gasteiger partial charge in [-0.1, -0.05) is 13.8 Å². The fourth-order valence-corrected chi connectivity index (χ4v) is 0.982. The van der Waals surface area contributed by atoms with Crippen molar-refractivity contribution in [3.8, 4) is 0 Å². The summed E-state index contributed by atoms with van der Waals surface area (Å²) in [4.78, 5) is 0. The van der Waals surface area contributed by atoms with Crippen LogP contribution in [0.2, 0.25) is 0 Å². The predicted molar refractivity (Wildman–Crippen MR) is 56.0 cm³/mol. The largest absolute Gasteiger partial charge is 0.382 e. The monoisotopic (exact) mass is 188 g/mol. The summed E-state index contributed by atoms with van der Waals surface area (Å²) >= 11 is 0. The summed E-state index contributed by atoms with van der Waals surface area (Å²) in [7, 11) is 0. The topological polar surface area (TPSA) is 18.5 Å². The van der Waals surface area contributed by atoms with Crippen molar-refractivity contribution in [1.82, 2.24) is 0 Å². The highest BCUT2D eigenvalue weighted by atomic mass is 16.5. The molecule has 0 spiro atoms. The molecule has 0 amide bonds. The van der Waals surface area contributed by atoms with Gasteiger partial charge in [0.05, 0.1) is 6.10 Å². The Morgan fingerprint density at radius 1 is 1.00 bits per heavy atom. The van der Waals surface area contributed by atoms with E-state index in [1.807, 2.05) is 6.92 Å². The van der Waals surface area contributed by atoms with Gasteiger partial charge in [-0.05, 0) is 32.6 Å². The van der Waals surface area contributed by atoms with E-state index >= 15 is 0 Å². The molecule has 0 saturated heterocycles. The van der Waals surface area contributed by atoms with Crippen LogP contribution in [0.15, 0.2) is 0 Å². The fraction of sp³-hybridized carbons (Fsp3) is 1.00. The van der Waals surface area contributed by atoms with E-state index in [9.17, 15) is 0 Å². The van der Waals surface area contributed by atoms with E-state index in [1.54, 1.807) is 0 Å². The smallest absolute Gasteiger partial charge is 0.0568 e. The van der Waals surface area contributed by atoms with Gasteiger partial charge in [0, 0.05) is 19.8 Å². The summed E-state index contributed by atoms with van der Waals surface area (Å²) in [5, 5.41) is 0. The molecular formula is C11H24O2. The molecule has 2 nitrogen and oxygen atoms in total. The minimum atomic E-state index is 0.338. The Bertz CT molecular complexity index is 102. The Hall–Kier alpha value is -0.0800.